The summed E-state index contributed by atoms with van der Waals surface area (Å²) >= 11 is 0. The van der Waals surface area contributed by atoms with Crippen LogP contribution in [0.4, 0.5) is 5.69 Å². The van der Waals surface area contributed by atoms with E-state index in [0.717, 1.165) is 0 Å². The number of carboxylic acid groups (broad SMARTS) is 1. The summed E-state index contributed by atoms with van der Waals surface area (Å²) in [7, 11) is 1.76. The molecule has 0 aliphatic carbocycles. The van der Waals surface area contributed by atoms with Gasteiger partial charge >= 0.3 is 5.97 Å². The third-order valence-corrected chi connectivity index (χ3v) is 3.24. The number of aromatic carboxylic acids is 1. The lowest BCUT2D eigenvalue weighted by atomic mass is 10.1. The number of carboxylic acids is 1. The van der Waals surface area contributed by atoms with Gasteiger partial charge in [0.2, 0.25) is 0 Å². The van der Waals surface area contributed by atoms with E-state index in [-0.39, 0.29) is 5.56 Å². The number of carbonyl (C=O) groups is 1. The van der Waals surface area contributed by atoms with E-state index in [1.807, 2.05) is 11.8 Å². The Kier molecular flexibility index (Phi) is 3.87. The molecule has 21 heavy (non-hydrogen) atoms. The van der Waals surface area contributed by atoms with Crippen molar-refractivity contribution in [3.8, 4) is 0 Å². The third kappa shape index (κ3) is 2.97. The summed E-state index contributed by atoms with van der Waals surface area (Å²) in [6, 6.07) is 0. The topological polar surface area (TPSA) is 91.5 Å². The smallest absolute Gasteiger partial charge is 0.339 e. The molecular weight excluding hydrogens is 272 g/mol. The normalized spacial score (nSPS) is 11.9. The largest absolute Gasteiger partial charge is 0.478 e. The van der Waals surface area contributed by atoms with Crippen molar-refractivity contribution >= 4 is 22.7 Å². The summed E-state index contributed by atoms with van der Waals surface area (Å²) in [4.78, 5) is 17.5. The van der Waals surface area contributed by atoms with Crippen molar-refractivity contribution < 1.29 is 15.0 Å². The van der Waals surface area contributed by atoms with Crippen molar-refractivity contribution in [3.63, 3.8) is 0 Å². The molecular formula is C14H20N4O3. The van der Waals surface area contributed by atoms with Crippen LogP contribution in [0, 0.1) is 0 Å². The summed E-state index contributed by atoms with van der Waals surface area (Å²) < 4.78 is 1.60. The Morgan fingerprint density at radius 2 is 2.10 bits per heavy atom. The molecule has 0 aliphatic rings. The van der Waals surface area contributed by atoms with Crippen molar-refractivity contribution in [2.75, 3.05) is 18.0 Å². The van der Waals surface area contributed by atoms with E-state index < -0.39 is 11.6 Å². The molecule has 2 aromatic heterocycles. The van der Waals surface area contributed by atoms with Gasteiger partial charge in [-0.05, 0) is 20.8 Å². The fraction of sp³-hybridized carbons (Fsp3) is 0.500. The van der Waals surface area contributed by atoms with Crippen molar-refractivity contribution in [3.05, 3.63) is 18.0 Å². The number of aromatic nitrogens is 3. The second-order valence-electron chi connectivity index (χ2n) is 5.66. The molecule has 0 aromatic carbocycles. The molecule has 0 atom stereocenters. The summed E-state index contributed by atoms with van der Waals surface area (Å²) in [5.74, 6) is -1.04. The highest BCUT2D eigenvalue weighted by Gasteiger charge is 2.25. The molecule has 0 bridgehead atoms. The molecule has 2 heterocycles. The maximum atomic E-state index is 11.5. The van der Waals surface area contributed by atoms with Crippen LogP contribution in [-0.2, 0) is 7.05 Å². The van der Waals surface area contributed by atoms with Gasteiger partial charge in [0.05, 0.1) is 22.9 Å². The zero-order valence-electron chi connectivity index (χ0n) is 12.7. The first-order valence-electron chi connectivity index (χ1n) is 6.76. The lowest BCUT2D eigenvalue weighted by molar-refractivity contribution is 0.0693. The molecule has 0 saturated heterocycles. The van der Waals surface area contributed by atoms with Gasteiger partial charge in [-0.1, -0.05) is 0 Å². The lowest BCUT2D eigenvalue weighted by Crippen LogP contribution is -2.39. The van der Waals surface area contributed by atoms with Gasteiger partial charge in [0.15, 0.2) is 5.65 Å². The quantitative estimate of drug-likeness (QED) is 0.862. The summed E-state index contributed by atoms with van der Waals surface area (Å²) in [6.07, 6.45) is 2.95. The van der Waals surface area contributed by atoms with Crippen LogP contribution in [0.25, 0.3) is 11.0 Å². The maximum absolute atomic E-state index is 11.5. The van der Waals surface area contributed by atoms with Crippen LogP contribution < -0.4 is 4.90 Å². The summed E-state index contributed by atoms with van der Waals surface area (Å²) in [6.45, 7) is 6.19. The highest BCUT2D eigenvalue weighted by atomic mass is 16.4. The average Bonchev–Trinajstić information content (AvgIpc) is 2.76. The van der Waals surface area contributed by atoms with Gasteiger partial charge in [0.25, 0.3) is 0 Å². The van der Waals surface area contributed by atoms with Crippen LogP contribution in [0.15, 0.2) is 12.4 Å². The molecule has 0 saturated carbocycles. The van der Waals surface area contributed by atoms with Crippen LogP contribution >= 0.6 is 0 Å². The average molecular weight is 292 g/mol. The number of aryl methyl sites for hydroxylation is 1. The number of pyridine rings is 1. The molecule has 0 spiro atoms. The summed E-state index contributed by atoms with van der Waals surface area (Å²) in [5, 5.41) is 24.3. The minimum atomic E-state index is -1.04. The Morgan fingerprint density at radius 3 is 2.62 bits per heavy atom. The monoisotopic (exact) mass is 292 g/mol. The van der Waals surface area contributed by atoms with Crippen molar-refractivity contribution in [1.82, 2.24) is 14.8 Å². The minimum Gasteiger partial charge on any atom is -0.478 e. The fourth-order valence-electron chi connectivity index (χ4n) is 2.40. The molecule has 0 fully saturated rings. The highest BCUT2D eigenvalue weighted by molar-refractivity contribution is 6.03. The van der Waals surface area contributed by atoms with Gasteiger partial charge in [0, 0.05) is 26.3 Å². The molecule has 0 aliphatic heterocycles. The number of aliphatic hydroxyl groups is 1. The van der Waals surface area contributed by atoms with Crippen LogP contribution in [-0.4, -0.2) is 49.6 Å². The number of rotatable bonds is 5. The van der Waals surface area contributed by atoms with Gasteiger partial charge in [0.1, 0.15) is 5.56 Å². The van der Waals surface area contributed by atoms with Crippen LogP contribution in [0.2, 0.25) is 0 Å². The Labute approximate surface area is 122 Å². The number of hydrogen-bond donors (Lipinski definition) is 2. The van der Waals surface area contributed by atoms with E-state index >= 15 is 0 Å². The molecule has 7 heteroatoms. The standard InChI is InChI=1S/C14H20N4O3/c1-5-18(8-14(2,3)21)11-9-7-16-17(4)12(9)15-6-10(11)13(19)20/h6-7,21H,5,8H2,1-4H3,(H,19,20). The third-order valence-electron chi connectivity index (χ3n) is 3.24. The first kappa shape index (κ1) is 15.2. The van der Waals surface area contributed by atoms with E-state index in [0.29, 0.717) is 29.8 Å². The van der Waals surface area contributed by atoms with E-state index in [4.69, 9.17) is 0 Å². The maximum Gasteiger partial charge on any atom is 0.339 e. The second kappa shape index (κ2) is 5.33. The predicted octanol–water partition coefficient (Wildman–Crippen LogP) is 1.26. The Balaban J connectivity index is 2.67. The molecule has 2 rings (SSSR count). The van der Waals surface area contributed by atoms with E-state index in [1.165, 1.54) is 6.20 Å². The molecule has 2 aromatic rings. The van der Waals surface area contributed by atoms with Gasteiger partial charge in [-0.2, -0.15) is 5.10 Å². The van der Waals surface area contributed by atoms with Crippen LogP contribution in [0.1, 0.15) is 31.1 Å². The Morgan fingerprint density at radius 1 is 1.43 bits per heavy atom. The highest BCUT2D eigenvalue weighted by Crippen LogP contribution is 2.30. The number of hydrogen-bond acceptors (Lipinski definition) is 5. The molecule has 2 N–H and O–H groups in total. The van der Waals surface area contributed by atoms with Crippen molar-refractivity contribution in [2.24, 2.45) is 7.05 Å². The van der Waals surface area contributed by atoms with Crippen molar-refractivity contribution in [1.29, 1.82) is 0 Å². The van der Waals surface area contributed by atoms with E-state index in [1.54, 1.807) is 31.8 Å². The first-order chi connectivity index (χ1) is 9.74. The number of nitrogens with zero attached hydrogens (tertiary/aromatic N) is 4. The van der Waals surface area contributed by atoms with Gasteiger partial charge < -0.3 is 15.1 Å². The molecule has 7 nitrogen and oxygen atoms in total. The fourth-order valence-corrected chi connectivity index (χ4v) is 2.40. The number of fused-ring (bicyclic) bond motifs is 1. The Hall–Kier alpha value is -2.15. The molecule has 0 unspecified atom stereocenters. The Bertz CT molecular complexity index is 673. The van der Waals surface area contributed by atoms with Gasteiger partial charge in [-0.25, -0.2) is 9.78 Å². The van der Waals surface area contributed by atoms with Crippen LogP contribution in [0.5, 0.6) is 0 Å². The minimum absolute atomic E-state index is 0.113. The SMILES string of the molecule is CCN(CC(C)(C)O)c1c(C(=O)O)cnc2c1cnn2C. The first-order valence-corrected chi connectivity index (χ1v) is 6.76. The number of likely N-dealkylation sites (N-methyl/N-ethyl adjacent to an activating group) is 1. The molecule has 0 amide bonds. The lowest BCUT2D eigenvalue weighted by Gasteiger charge is -2.31. The molecule has 114 valence electrons. The second-order valence-corrected chi connectivity index (χ2v) is 5.66. The van der Waals surface area contributed by atoms with Gasteiger partial charge in [-0.3, -0.25) is 4.68 Å². The van der Waals surface area contributed by atoms with Gasteiger partial charge in [-0.15, -0.1) is 0 Å². The summed E-state index contributed by atoms with van der Waals surface area (Å²) in [5.41, 5.74) is 0.333. The van der Waals surface area contributed by atoms with Crippen molar-refractivity contribution in [2.45, 2.75) is 26.4 Å². The zero-order valence-corrected chi connectivity index (χ0v) is 12.7. The van der Waals surface area contributed by atoms with Crippen LogP contribution in [0.3, 0.4) is 0 Å². The zero-order chi connectivity index (χ0) is 15.8. The number of anilines is 1. The van der Waals surface area contributed by atoms with E-state index in [9.17, 15) is 15.0 Å². The molecule has 0 radical (unpaired) electrons. The predicted molar refractivity (Wildman–Crippen MR) is 79.7 cm³/mol. The van der Waals surface area contributed by atoms with E-state index in [2.05, 4.69) is 10.1 Å².